The summed E-state index contributed by atoms with van der Waals surface area (Å²) in [5.41, 5.74) is 5.70. The largest absolute Gasteiger partial charge is 0.439 e. The van der Waals surface area contributed by atoms with Gasteiger partial charge in [0.2, 0.25) is 5.88 Å². The molecule has 0 saturated carbocycles. The number of nitrogens with two attached hydrogens (primary N) is 1. The molecule has 0 atom stereocenters. The van der Waals surface area contributed by atoms with Crippen LogP contribution in [0.5, 0.6) is 11.6 Å². The zero-order chi connectivity index (χ0) is 15.6. The van der Waals surface area contributed by atoms with Crippen molar-refractivity contribution in [1.29, 1.82) is 0 Å². The summed E-state index contributed by atoms with van der Waals surface area (Å²) in [5.74, 6) is 8.33. The van der Waals surface area contributed by atoms with Crippen LogP contribution < -0.4 is 16.0 Å². The third kappa shape index (κ3) is 3.49. The fraction of sp³-hybridized carbons (Fsp3) is 0.375. The highest BCUT2D eigenvalue weighted by molar-refractivity contribution is 5.49. The second kappa shape index (κ2) is 6.10. The van der Waals surface area contributed by atoms with Gasteiger partial charge in [0, 0.05) is 5.92 Å². The average molecular weight is 286 g/mol. The monoisotopic (exact) mass is 286 g/mol. The van der Waals surface area contributed by atoms with Crippen molar-refractivity contribution >= 4 is 5.82 Å². The molecule has 1 aromatic heterocycles. The zero-order valence-corrected chi connectivity index (χ0v) is 13.2. The lowest BCUT2D eigenvalue weighted by Crippen LogP contribution is -2.13. The molecular formula is C16H22N4O. The van der Waals surface area contributed by atoms with Gasteiger partial charge in [-0.3, -0.25) is 0 Å². The van der Waals surface area contributed by atoms with Gasteiger partial charge in [-0.1, -0.05) is 19.9 Å². The van der Waals surface area contributed by atoms with E-state index < -0.39 is 0 Å². The lowest BCUT2D eigenvalue weighted by atomic mass is 10.1. The maximum absolute atomic E-state index is 5.96. The standard InChI is InChI=1S/C16H22N4O/c1-9(2)14-18-15(20-17)12(5)16(19-14)21-13-7-10(3)6-11(4)8-13/h6-9H,17H2,1-5H3,(H,18,19,20). The molecule has 0 bridgehead atoms. The molecule has 5 heteroatoms. The molecule has 21 heavy (non-hydrogen) atoms. The molecule has 1 heterocycles. The molecule has 0 aliphatic carbocycles. The van der Waals surface area contributed by atoms with Crippen LogP contribution in [0.1, 0.15) is 42.3 Å². The Morgan fingerprint density at radius 3 is 2.19 bits per heavy atom. The highest BCUT2D eigenvalue weighted by atomic mass is 16.5. The number of rotatable bonds is 4. The molecule has 2 rings (SSSR count). The summed E-state index contributed by atoms with van der Waals surface area (Å²) in [4.78, 5) is 8.91. The third-order valence-corrected chi connectivity index (χ3v) is 3.18. The number of hydrazine groups is 1. The molecular weight excluding hydrogens is 264 g/mol. The number of benzene rings is 1. The van der Waals surface area contributed by atoms with Crippen LogP contribution in [0, 0.1) is 20.8 Å². The van der Waals surface area contributed by atoms with Crippen molar-refractivity contribution in [1.82, 2.24) is 9.97 Å². The highest BCUT2D eigenvalue weighted by Gasteiger charge is 2.14. The average Bonchev–Trinajstić information content (AvgIpc) is 2.39. The van der Waals surface area contributed by atoms with Gasteiger partial charge < -0.3 is 10.2 Å². The van der Waals surface area contributed by atoms with E-state index >= 15 is 0 Å². The molecule has 0 unspecified atom stereocenters. The first kappa shape index (κ1) is 15.3. The summed E-state index contributed by atoms with van der Waals surface area (Å²) in [7, 11) is 0. The molecule has 2 aromatic rings. The summed E-state index contributed by atoms with van der Waals surface area (Å²) < 4.78 is 5.96. The van der Waals surface area contributed by atoms with Crippen molar-refractivity contribution in [2.24, 2.45) is 5.84 Å². The Labute approximate surface area is 125 Å². The number of hydrogen-bond acceptors (Lipinski definition) is 5. The number of aromatic nitrogens is 2. The minimum Gasteiger partial charge on any atom is -0.439 e. The first-order chi connectivity index (χ1) is 9.90. The normalized spacial score (nSPS) is 10.8. The fourth-order valence-electron chi connectivity index (χ4n) is 2.11. The van der Waals surface area contributed by atoms with Crippen LogP contribution >= 0.6 is 0 Å². The van der Waals surface area contributed by atoms with Gasteiger partial charge in [0.15, 0.2) is 5.82 Å². The molecule has 0 aliphatic rings. The van der Waals surface area contributed by atoms with E-state index in [1.165, 1.54) is 0 Å². The van der Waals surface area contributed by atoms with Crippen molar-refractivity contribution in [3.63, 3.8) is 0 Å². The van der Waals surface area contributed by atoms with E-state index in [1.54, 1.807) is 0 Å². The smallest absolute Gasteiger partial charge is 0.227 e. The Kier molecular flexibility index (Phi) is 4.43. The molecule has 0 amide bonds. The molecule has 0 aliphatic heterocycles. The van der Waals surface area contributed by atoms with Gasteiger partial charge in [-0.25, -0.2) is 10.8 Å². The van der Waals surface area contributed by atoms with E-state index in [1.807, 2.05) is 46.8 Å². The first-order valence-electron chi connectivity index (χ1n) is 7.02. The van der Waals surface area contributed by atoms with Crippen molar-refractivity contribution in [3.05, 3.63) is 40.7 Å². The highest BCUT2D eigenvalue weighted by Crippen LogP contribution is 2.29. The van der Waals surface area contributed by atoms with Gasteiger partial charge in [-0.05, 0) is 44.0 Å². The summed E-state index contributed by atoms with van der Waals surface area (Å²) in [6.07, 6.45) is 0. The van der Waals surface area contributed by atoms with E-state index in [0.29, 0.717) is 17.5 Å². The van der Waals surface area contributed by atoms with E-state index in [9.17, 15) is 0 Å². The van der Waals surface area contributed by atoms with Crippen LogP contribution in [0.2, 0.25) is 0 Å². The second-order valence-electron chi connectivity index (χ2n) is 5.59. The minimum absolute atomic E-state index is 0.194. The number of anilines is 1. The minimum atomic E-state index is 0.194. The Hall–Kier alpha value is -2.14. The van der Waals surface area contributed by atoms with E-state index in [-0.39, 0.29) is 5.92 Å². The third-order valence-electron chi connectivity index (χ3n) is 3.18. The number of nitrogens with zero attached hydrogens (tertiary/aromatic N) is 2. The molecule has 0 radical (unpaired) electrons. The quantitative estimate of drug-likeness (QED) is 0.663. The Balaban J connectivity index is 2.45. The number of aryl methyl sites for hydroxylation is 2. The summed E-state index contributed by atoms with van der Waals surface area (Å²) in [5, 5.41) is 0. The Bertz CT molecular complexity index is 633. The molecule has 0 saturated heterocycles. The van der Waals surface area contributed by atoms with Crippen LogP contribution in [-0.2, 0) is 0 Å². The second-order valence-corrected chi connectivity index (χ2v) is 5.59. The first-order valence-corrected chi connectivity index (χ1v) is 7.02. The fourth-order valence-corrected chi connectivity index (χ4v) is 2.11. The Morgan fingerprint density at radius 1 is 1.05 bits per heavy atom. The summed E-state index contributed by atoms with van der Waals surface area (Å²) in [6, 6.07) is 6.07. The topological polar surface area (TPSA) is 73.1 Å². The number of nitrogen functional groups attached to an aromatic ring is 1. The Morgan fingerprint density at radius 2 is 1.67 bits per heavy atom. The molecule has 5 nitrogen and oxygen atoms in total. The van der Waals surface area contributed by atoms with Crippen LogP contribution in [0.3, 0.4) is 0 Å². The number of nitrogens with one attached hydrogen (secondary N) is 1. The van der Waals surface area contributed by atoms with Gasteiger partial charge in [-0.2, -0.15) is 4.98 Å². The molecule has 112 valence electrons. The van der Waals surface area contributed by atoms with E-state index in [2.05, 4.69) is 21.5 Å². The van der Waals surface area contributed by atoms with Crippen molar-refractivity contribution in [2.75, 3.05) is 5.43 Å². The number of ether oxygens (including phenoxy) is 1. The van der Waals surface area contributed by atoms with Crippen molar-refractivity contribution in [3.8, 4) is 11.6 Å². The van der Waals surface area contributed by atoms with Gasteiger partial charge in [0.1, 0.15) is 11.6 Å². The maximum Gasteiger partial charge on any atom is 0.227 e. The predicted octanol–water partition coefficient (Wildman–Crippen LogP) is 3.60. The van der Waals surface area contributed by atoms with Crippen LogP contribution in [0.15, 0.2) is 18.2 Å². The van der Waals surface area contributed by atoms with Gasteiger partial charge >= 0.3 is 0 Å². The van der Waals surface area contributed by atoms with E-state index in [4.69, 9.17) is 10.6 Å². The van der Waals surface area contributed by atoms with Gasteiger partial charge in [0.25, 0.3) is 0 Å². The number of hydrogen-bond donors (Lipinski definition) is 2. The van der Waals surface area contributed by atoms with Crippen LogP contribution in [0.4, 0.5) is 5.82 Å². The predicted molar refractivity (Wildman–Crippen MR) is 84.7 cm³/mol. The summed E-state index contributed by atoms with van der Waals surface area (Å²) in [6.45, 7) is 10.0. The lowest BCUT2D eigenvalue weighted by Gasteiger charge is -2.14. The molecule has 0 spiro atoms. The van der Waals surface area contributed by atoms with E-state index in [0.717, 1.165) is 22.4 Å². The van der Waals surface area contributed by atoms with Crippen LogP contribution in [0.25, 0.3) is 0 Å². The zero-order valence-electron chi connectivity index (χ0n) is 13.2. The van der Waals surface area contributed by atoms with Gasteiger partial charge in [-0.15, -0.1) is 0 Å². The molecule has 0 fully saturated rings. The van der Waals surface area contributed by atoms with Gasteiger partial charge in [0.05, 0.1) is 5.56 Å². The molecule has 3 N–H and O–H groups in total. The SMILES string of the molecule is Cc1cc(C)cc(Oc2nc(C(C)C)nc(NN)c2C)c1. The van der Waals surface area contributed by atoms with Crippen LogP contribution in [-0.4, -0.2) is 9.97 Å². The van der Waals surface area contributed by atoms with Crippen molar-refractivity contribution < 1.29 is 4.74 Å². The van der Waals surface area contributed by atoms with Crippen molar-refractivity contribution in [2.45, 2.75) is 40.5 Å². The maximum atomic E-state index is 5.96. The molecule has 1 aromatic carbocycles. The summed E-state index contributed by atoms with van der Waals surface area (Å²) >= 11 is 0. The lowest BCUT2D eigenvalue weighted by molar-refractivity contribution is 0.452.